The van der Waals surface area contributed by atoms with Crippen LogP contribution in [0.5, 0.6) is 5.75 Å². The van der Waals surface area contributed by atoms with E-state index in [0.717, 1.165) is 0 Å². The van der Waals surface area contributed by atoms with Gasteiger partial charge in [0.05, 0.1) is 10.6 Å². The Morgan fingerprint density at radius 2 is 2.13 bits per heavy atom. The van der Waals surface area contributed by atoms with Gasteiger partial charge in [0.25, 0.3) is 0 Å². The summed E-state index contributed by atoms with van der Waals surface area (Å²) in [5.41, 5.74) is -0.0800. The number of oxime groups is 1. The third-order valence-corrected chi connectivity index (χ3v) is 2.07. The van der Waals surface area contributed by atoms with E-state index >= 15 is 0 Å². The van der Waals surface area contributed by atoms with Crippen LogP contribution in [0.25, 0.3) is 0 Å². The molecule has 82 valence electrons. The van der Waals surface area contributed by atoms with Crippen molar-refractivity contribution in [3.05, 3.63) is 28.8 Å². The van der Waals surface area contributed by atoms with Gasteiger partial charge < -0.3 is 9.94 Å². The number of ether oxygens (including phenoxy) is 1. The Balaban J connectivity index is 3.20. The number of hydrogen-bond donors (Lipinski definition) is 1. The minimum atomic E-state index is -3.01. The summed E-state index contributed by atoms with van der Waals surface area (Å²) in [6.45, 7) is -3.01. The summed E-state index contributed by atoms with van der Waals surface area (Å²) >= 11 is 11.2. The second-order valence-electron chi connectivity index (χ2n) is 2.38. The molecule has 0 aliphatic rings. The van der Waals surface area contributed by atoms with Gasteiger partial charge in [-0.15, -0.1) is 0 Å². The molecule has 0 saturated carbocycles. The van der Waals surface area contributed by atoms with Gasteiger partial charge in [-0.05, 0) is 12.1 Å². The van der Waals surface area contributed by atoms with E-state index in [9.17, 15) is 8.78 Å². The van der Waals surface area contributed by atoms with Crippen LogP contribution in [0.2, 0.25) is 5.02 Å². The van der Waals surface area contributed by atoms with E-state index in [4.69, 9.17) is 28.4 Å². The lowest BCUT2D eigenvalue weighted by atomic mass is 10.2. The van der Waals surface area contributed by atoms with Gasteiger partial charge in [0.15, 0.2) is 5.17 Å². The Morgan fingerprint density at radius 1 is 1.47 bits per heavy atom. The first kappa shape index (κ1) is 12.0. The summed E-state index contributed by atoms with van der Waals surface area (Å²) in [7, 11) is 0. The second kappa shape index (κ2) is 5.14. The third-order valence-electron chi connectivity index (χ3n) is 1.49. The maximum Gasteiger partial charge on any atom is 0.387 e. The minimum absolute atomic E-state index is 0.0518. The zero-order chi connectivity index (χ0) is 11.4. The van der Waals surface area contributed by atoms with Gasteiger partial charge in [0.1, 0.15) is 5.75 Å². The Labute approximate surface area is 93.9 Å². The van der Waals surface area contributed by atoms with Crippen molar-refractivity contribution in [1.82, 2.24) is 0 Å². The van der Waals surface area contributed by atoms with Gasteiger partial charge in [-0.3, -0.25) is 0 Å². The summed E-state index contributed by atoms with van der Waals surface area (Å²) in [6.07, 6.45) is 0. The van der Waals surface area contributed by atoms with E-state index in [1.54, 1.807) is 0 Å². The molecule has 0 saturated heterocycles. The molecule has 1 N–H and O–H groups in total. The highest BCUT2D eigenvalue weighted by atomic mass is 35.5. The smallest absolute Gasteiger partial charge is 0.387 e. The van der Waals surface area contributed by atoms with Crippen LogP contribution in [0.3, 0.4) is 0 Å². The molecule has 0 aromatic heterocycles. The van der Waals surface area contributed by atoms with Crippen LogP contribution in [0.4, 0.5) is 8.78 Å². The van der Waals surface area contributed by atoms with E-state index in [1.165, 1.54) is 18.2 Å². The molecule has 0 aliphatic heterocycles. The minimum Gasteiger partial charge on any atom is -0.434 e. The number of rotatable bonds is 3. The van der Waals surface area contributed by atoms with Crippen molar-refractivity contribution >= 4 is 28.4 Å². The molecular formula is C8H5Cl2F2NO2. The Hall–Kier alpha value is -1.07. The first-order valence-corrected chi connectivity index (χ1v) is 4.43. The molecule has 7 heteroatoms. The van der Waals surface area contributed by atoms with Crippen molar-refractivity contribution in [2.45, 2.75) is 6.61 Å². The third kappa shape index (κ3) is 2.94. The average Bonchev–Trinajstić information content (AvgIpc) is 2.16. The fraction of sp³-hybridized carbons (Fsp3) is 0.125. The number of nitrogens with zero attached hydrogens (tertiary/aromatic N) is 1. The molecule has 1 aromatic carbocycles. The molecule has 0 unspecified atom stereocenters. The SMILES string of the molecule is O/N=C(\Cl)c1c(Cl)cccc1OC(F)F. The van der Waals surface area contributed by atoms with Crippen LogP contribution in [0, 0.1) is 0 Å². The van der Waals surface area contributed by atoms with E-state index in [2.05, 4.69) is 9.89 Å². The van der Waals surface area contributed by atoms with Crippen LogP contribution in [-0.4, -0.2) is 17.0 Å². The van der Waals surface area contributed by atoms with Crippen LogP contribution in [0.15, 0.2) is 23.4 Å². The van der Waals surface area contributed by atoms with E-state index < -0.39 is 11.8 Å². The highest BCUT2D eigenvalue weighted by Crippen LogP contribution is 2.29. The molecule has 3 nitrogen and oxygen atoms in total. The normalized spacial score (nSPS) is 11.9. The largest absolute Gasteiger partial charge is 0.434 e. The summed E-state index contributed by atoms with van der Waals surface area (Å²) in [5, 5.41) is 10.7. The van der Waals surface area contributed by atoms with Crippen LogP contribution >= 0.6 is 23.2 Å². The first-order valence-electron chi connectivity index (χ1n) is 3.67. The summed E-state index contributed by atoms with van der Waals surface area (Å²) in [4.78, 5) is 0. The zero-order valence-corrected chi connectivity index (χ0v) is 8.64. The van der Waals surface area contributed by atoms with Gasteiger partial charge >= 0.3 is 6.61 Å². The predicted octanol–water partition coefficient (Wildman–Crippen LogP) is 3.32. The van der Waals surface area contributed by atoms with Crippen LogP contribution in [-0.2, 0) is 0 Å². The Bertz CT molecular complexity index is 385. The van der Waals surface area contributed by atoms with E-state index in [-0.39, 0.29) is 16.3 Å². The van der Waals surface area contributed by atoms with Crippen molar-refractivity contribution in [2.24, 2.45) is 5.16 Å². The standard InChI is InChI=1S/C8H5Cl2F2NO2/c9-4-2-1-3-5(15-8(11)12)6(4)7(10)13-14/h1-3,8,14H/b13-7-. The number of benzene rings is 1. The first-order chi connectivity index (χ1) is 7.06. The molecule has 0 spiro atoms. The summed E-state index contributed by atoms with van der Waals surface area (Å²) in [6, 6.07) is 4.05. The van der Waals surface area contributed by atoms with Crippen molar-refractivity contribution in [2.75, 3.05) is 0 Å². The van der Waals surface area contributed by atoms with Gasteiger partial charge in [-0.2, -0.15) is 8.78 Å². The number of halogens is 4. The summed E-state index contributed by atoms with van der Waals surface area (Å²) in [5.74, 6) is -0.250. The monoisotopic (exact) mass is 255 g/mol. The zero-order valence-electron chi connectivity index (χ0n) is 7.12. The Kier molecular flexibility index (Phi) is 4.11. The van der Waals surface area contributed by atoms with E-state index in [1.807, 2.05) is 0 Å². The van der Waals surface area contributed by atoms with Gasteiger partial charge in [-0.25, -0.2) is 0 Å². The molecule has 0 atom stereocenters. The number of hydrogen-bond acceptors (Lipinski definition) is 3. The topological polar surface area (TPSA) is 41.8 Å². The van der Waals surface area contributed by atoms with Crippen molar-refractivity contribution in [3.63, 3.8) is 0 Å². The maximum atomic E-state index is 12.0. The number of alkyl halides is 2. The molecule has 0 fully saturated rings. The Morgan fingerprint density at radius 3 is 2.67 bits per heavy atom. The lowest BCUT2D eigenvalue weighted by Gasteiger charge is -2.09. The highest BCUT2D eigenvalue weighted by Gasteiger charge is 2.16. The fourth-order valence-electron chi connectivity index (χ4n) is 0.949. The molecule has 0 bridgehead atoms. The summed E-state index contributed by atoms with van der Waals surface area (Å²) < 4.78 is 28.1. The van der Waals surface area contributed by atoms with Crippen molar-refractivity contribution in [3.8, 4) is 5.75 Å². The average molecular weight is 256 g/mol. The van der Waals surface area contributed by atoms with Crippen molar-refractivity contribution < 1.29 is 18.7 Å². The van der Waals surface area contributed by atoms with Gasteiger partial charge in [0, 0.05) is 0 Å². The maximum absolute atomic E-state index is 12.0. The van der Waals surface area contributed by atoms with Crippen LogP contribution < -0.4 is 4.74 Å². The molecular weight excluding hydrogens is 251 g/mol. The molecule has 0 heterocycles. The van der Waals surface area contributed by atoms with Crippen LogP contribution in [0.1, 0.15) is 5.56 Å². The molecule has 1 aromatic rings. The van der Waals surface area contributed by atoms with Gasteiger partial charge in [0.2, 0.25) is 0 Å². The second-order valence-corrected chi connectivity index (χ2v) is 3.15. The predicted molar refractivity (Wildman–Crippen MR) is 52.3 cm³/mol. The fourth-order valence-corrected chi connectivity index (χ4v) is 1.45. The molecule has 0 radical (unpaired) electrons. The van der Waals surface area contributed by atoms with E-state index in [0.29, 0.717) is 0 Å². The molecule has 0 aliphatic carbocycles. The quantitative estimate of drug-likeness (QED) is 0.512. The van der Waals surface area contributed by atoms with Crippen molar-refractivity contribution in [1.29, 1.82) is 0 Å². The molecule has 0 amide bonds. The molecule has 1 rings (SSSR count). The molecule has 15 heavy (non-hydrogen) atoms. The lowest BCUT2D eigenvalue weighted by Crippen LogP contribution is -2.06. The lowest BCUT2D eigenvalue weighted by molar-refractivity contribution is -0.0499. The highest BCUT2D eigenvalue weighted by molar-refractivity contribution is 6.70. The van der Waals surface area contributed by atoms with Gasteiger partial charge in [-0.1, -0.05) is 34.4 Å².